The van der Waals surface area contributed by atoms with Crippen molar-refractivity contribution >= 4 is 38.0 Å². The van der Waals surface area contributed by atoms with E-state index in [1.165, 1.54) is 4.57 Å². The van der Waals surface area contributed by atoms with Crippen LogP contribution in [0, 0.1) is 0 Å². The Balaban J connectivity index is 2.46. The van der Waals surface area contributed by atoms with Gasteiger partial charge in [0, 0.05) is 16.8 Å². The lowest BCUT2D eigenvalue weighted by Gasteiger charge is -2.17. The van der Waals surface area contributed by atoms with Gasteiger partial charge in [0.15, 0.2) is 5.65 Å². The summed E-state index contributed by atoms with van der Waals surface area (Å²) in [5, 5.41) is 9.16. The highest BCUT2D eigenvalue weighted by Crippen LogP contribution is 2.32. The Labute approximate surface area is 117 Å². The lowest BCUT2D eigenvalue weighted by molar-refractivity contribution is 0.805. The molecule has 3 rings (SSSR count). The molecule has 0 spiro atoms. The third-order valence-corrected chi connectivity index (χ3v) is 3.74. The number of hydrogen-bond acceptors (Lipinski definition) is 3. The van der Waals surface area contributed by atoms with Crippen molar-refractivity contribution in [2.75, 3.05) is 0 Å². The van der Waals surface area contributed by atoms with Crippen LogP contribution in [0.2, 0.25) is 0 Å². The maximum Gasteiger partial charge on any atom is 0.327 e. The van der Waals surface area contributed by atoms with Crippen LogP contribution in [-0.2, 0) is 11.4 Å². The van der Waals surface area contributed by atoms with Gasteiger partial charge in [0.1, 0.15) is 0 Å². The van der Waals surface area contributed by atoms with Gasteiger partial charge >= 0.3 is 5.69 Å². The summed E-state index contributed by atoms with van der Waals surface area (Å²) in [5.41, 5.74) is 3.02. The van der Waals surface area contributed by atoms with E-state index in [4.69, 9.17) is 0 Å². The first kappa shape index (κ1) is 12.3. The van der Waals surface area contributed by atoms with Crippen molar-refractivity contribution in [3.05, 3.63) is 34.2 Å². The van der Waals surface area contributed by atoms with Crippen LogP contribution in [-0.4, -0.2) is 19.7 Å². The molecule has 0 fully saturated rings. The van der Waals surface area contributed by atoms with E-state index >= 15 is 0 Å². The number of imidazole rings is 1. The lowest BCUT2D eigenvalue weighted by atomic mass is 10.0. The number of aryl methyl sites for hydroxylation is 1. The van der Waals surface area contributed by atoms with Gasteiger partial charge in [-0.3, -0.25) is 4.57 Å². The van der Waals surface area contributed by atoms with Gasteiger partial charge in [-0.1, -0.05) is 22.0 Å². The number of aromatic nitrogens is 4. The quantitative estimate of drug-likeness (QED) is 0.700. The maximum atomic E-state index is 11.7. The predicted molar refractivity (Wildman–Crippen MR) is 78.6 cm³/mol. The number of hydrogen-bond donors (Lipinski definition) is 1. The molecule has 1 aromatic carbocycles. The van der Waals surface area contributed by atoms with Crippen molar-refractivity contribution in [1.82, 2.24) is 19.7 Å². The molecule has 2 aromatic heterocycles. The average Bonchev–Trinajstić information content (AvgIpc) is 2.64. The highest BCUT2D eigenvalue weighted by Gasteiger charge is 2.18. The molecular formula is C13H13BrN4O. The molecule has 98 valence electrons. The van der Waals surface area contributed by atoms with Gasteiger partial charge in [0.25, 0.3) is 0 Å². The monoisotopic (exact) mass is 320 g/mol. The second kappa shape index (κ2) is 3.90. The summed E-state index contributed by atoms with van der Waals surface area (Å²) in [5.74, 6) is 0. The molecule has 2 heterocycles. The predicted octanol–water partition coefficient (Wildman–Crippen LogP) is 2.44. The Morgan fingerprint density at radius 3 is 2.74 bits per heavy atom. The highest BCUT2D eigenvalue weighted by molar-refractivity contribution is 9.09. The van der Waals surface area contributed by atoms with Crippen LogP contribution < -0.4 is 5.69 Å². The maximum absolute atomic E-state index is 11.7. The van der Waals surface area contributed by atoms with Gasteiger partial charge in [-0.15, -0.1) is 10.2 Å². The number of aromatic amines is 1. The zero-order valence-electron chi connectivity index (χ0n) is 10.9. The van der Waals surface area contributed by atoms with E-state index in [-0.39, 0.29) is 10.0 Å². The molecule has 0 aliphatic heterocycles. The van der Waals surface area contributed by atoms with Gasteiger partial charge in [-0.25, -0.2) is 4.79 Å². The molecule has 0 radical (unpaired) electrons. The molecule has 0 aliphatic rings. The number of nitrogens with zero attached hydrogens (tertiary/aromatic N) is 3. The molecule has 0 aliphatic carbocycles. The Morgan fingerprint density at radius 1 is 1.32 bits per heavy atom. The van der Waals surface area contributed by atoms with Gasteiger partial charge in [-0.2, -0.15) is 0 Å². The second-order valence-electron chi connectivity index (χ2n) is 5.09. The number of halogens is 1. The Bertz CT molecular complexity index is 841. The van der Waals surface area contributed by atoms with Crippen molar-refractivity contribution in [3.8, 4) is 0 Å². The fourth-order valence-corrected chi connectivity index (χ4v) is 2.36. The van der Waals surface area contributed by atoms with E-state index < -0.39 is 0 Å². The van der Waals surface area contributed by atoms with Gasteiger partial charge in [-0.05, 0) is 31.5 Å². The van der Waals surface area contributed by atoms with Gasteiger partial charge in [0.2, 0.25) is 0 Å². The van der Waals surface area contributed by atoms with Crippen LogP contribution in [0.3, 0.4) is 0 Å². The molecule has 0 atom stereocenters. The molecular weight excluding hydrogens is 308 g/mol. The molecule has 1 N–H and O–H groups in total. The fraction of sp³-hybridized carbons (Fsp3) is 0.308. The summed E-state index contributed by atoms with van der Waals surface area (Å²) < 4.78 is 1.33. The minimum atomic E-state index is -0.180. The molecule has 0 saturated carbocycles. The summed E-state index contributed by atoms with van der Waals surface area (Å²) in [6.07, 6.45) is 0. The Hall–Kier alpha value is -1.69. The third kappa shape index (κ3) is 1.87. The number of fused-ring (bicyclic) bond motifs is 3. The zero-order chi connectivity index (χ0) is 13.8. The van der Waals surface area contributed by atoms with Crippen molar-refractivity contribution in [3.63, 3.8) is 0 Å². The Morgan fingerprint density at radius 2 is 2.05 bits per heavy atom. The van der Waals surface area contributed by atoms with Crippen LogP contribution in [0.15, 0.2) is 23.0 Å². The van der Waals surface area contributed by atoms with Crippen molar-refractivity contribution in [2.24, 2.45) is 7.05 Å². The summed E-state index contributed by atoms with van der Waals surface area (Å²) in [6.45, 7) is 4.15. The smallest absolute Gasteiger partial charge is 0.303 e. The van der Waals surface area contributed by atoms with Crippen LogP contribution >= 0.6 is 15.9 Å². The summed E-state index contributed by atoms with van der Waals surface area (Å²) >= 11 is 3.64. The van der Waals surface area contributed by atoms with Crippen LogP contribution in [0.4, 0.5) is 0 Å². The molecule has 19 heavy (non-hydrogen) atoms. The minimum Gasteiger partial charge on any atom is -0.303 e. The van der Waals surface area contributed by atoms with Crippen LogP contribution in [0.1, 0.15) is 19.4 Å². The fourth-order valence-electron chi connectivity index (χ4n) is 2.11. The number of H-pyrrole nitrogens is 1. The lowest BCUT2D eigenvalue weighted by Crippen LogP contribution is -2.12. The normalized spacial score (nSPS) is 12.4. The van der Waals surface area contributed by atoms with E-state index in [0.717, 1.165) is 22.0 Å². The molecule has 3 aromatic rings. The van der Waals surface area contributed by atoms with Crippen LogP contribution in [0.25, 0.3) is 22.1 Å². The first-order valence-corrected chi connectivity index (χ1v) is 6.72. The van der Waals surface area contributed by atoms with Gasteiger partial charge in [0.05, 0.1) is 11.0 Å². The molecule has 0 bridgehead atoms. The number of alkyl halides is 1. The van der Waals surface area contributed by atoms with Crippen molar-refractivity contribution in [2.45, 2.75) is 18.2 Å². The standard InChI is InChI=1S/C13H13BrN4O/c1-13(2,14)7-4-5-9-8(6-7)10-11(17-16-9)18(3)12(19)15-10/h4-6H,1-3H3,(H,15,19). The largest absolute Gasteiger partial charge is 0.327 e. The van der Waals surface area contributed by atoms with Crippen molar-refractivity contribution in [1.29, 1.82) is 0 Å². The van der Waals surface area contributed by atoms with E-state index in [1.807, 2.05) is 18.2 Å². The highest BCUT2D eigenvalue weighted by atomic mass is 79.9. The van der Waals surface area contributed by atoms with Gasteiger partial charge < -0.3 is 4.98 Å². The number of benzene rings is 1. The zero-order valence-corrected chi connectivity index (χ0v) is 12.4. The molecule has 0 saturated heterocycles. The molecule has 0 amide bonds. The van der Waals surface area contributed by atoms with E-state index in [1.54, 1.807) is 7.05 Å². The topological polar surface area (TPSA) is 63.6 Å². The summed E-state index contributed by atoms with van der Waals surface area (Å²) in [4.78, 5) is 14.5. The average molecular weight is 321 g/mol. The van der Waals surface area contributed by atoms with E-state index in [0.29, 0.717) is 5.65 Å². The summed E-state index contributed by atoms with van der Waals surface area (Å²) in [7, 11) is 1.68. The van der Waals surface area contributed by atoms with E-state index in [9.17, 15) is 4.79 Å². The first-order valence-electron chi connectivity index (χ1n) is 5.92. The Kier molecular flexibility index (Phi) is 2.53. The van der Waals surface area contributed by atoms with Crippen molar-refractivity contribution < 1.29 is 0 Å². The van der Waals surface area contributed by atoms with Crippen LogP contribution in [0.5, 0.6) is 0 Å². The second-order valence-corrected chi connectivity index (χ2v) is 7.07. The number of nitrogens with one attached hydrogen (secondary N) is 1. The van der Waals surface area contributed by atoms with E-state index in [2.05, 4.69) is 45.0 Å². The number of rotatable bonds is 1. The third-order valence-electron chi connectivity index (χ3n) is 3.28. The molecule has 5 nitrogen and oxygen atoms in total. The summed E-state index contributed by atoms with van der Waals surface area (Å²) in [6, 6.07) is 5.97. The molecule has 6 heteroatoms. The minimum absolute atomic E-state index is 0.133. The molecule has 0 unspecified atom stereocenters. The first-order chi connectivity index (χ1) is 8.88. The SMILES string of the molecule is Cn1c(=O)[nH]c2c3cc(C(C)(C)Br)ccc3nnc21.